The van der Waals surface area contributed by atoms with Gasteiger partial charge in [0.05, 0.1) is 0 Å². The van der Waals surface area contributed by atoms with Gasteiger partial charge in [0.2, 0.25) is 0 Å². The van der Waals surface area contributed by atoms with Crippen LogP contribution in [-0.2, 0) is 0 Å². The third-order valence-corrected chi connectivity index (χ3v) is 6.78. The van der Waals surface area contributed by atoms with Crippen LogP contribution in [0.5, 0.6) is 0 Å². The Hall–Kier alpha value is -1.59. The number of carbonyl (C=O) groups is 1. The summed E-state index contributed by atoms with van der Waals surface area (Å²) >= 11 is 0. The number of hydrogen-bond donors (Lipinski definition) is 2. The van der Waals surface area contributed by atoms with E-state index < -0.39 is 0 Å². The predicted octanol–water partition coefficient (Wildman–Crippen LogP) is 4.04. The number of amides is 2. The number of nitrogens with one attached hydrogen (secondary N) is 1. The average molecular weight is 386 g/mol. The molecule has 1 aromatic rings. The molecule has 5 nitrogen and oxygen atoms in total. The molecular formula is C23H35N3O2. The minimum absolute atomic E-state index is 0.0144. The van der Waals surface area contributed by atoms with E-state index in [1.807, 2.05) is 4.90 Å². The number of nitrogens with zero attached hydrogens (tertiary/aromatic N) is 2. The fourth-order valence-corrected chi connectivity index (χ4v) is 4.85. The molecular weight excluding hydrogens is 350 g/mol. The van der Waals surface area contributed by atoms with E-state index in [9.17, 15) is 9.90 Å². The minimum atomic E-state index is -0.0144. The summed E-state index contributed by atoms with van der Waals surface area (Å²) in [6.45, 7) is 3.70. The molecule has 1 aliphatic heterocycles. The van der Waals surface area contributed by atoms with Crippen molar-refractivity contribution in [1.82, 2.24) is 9.80 Å². The van der Waals surface area contributed by atoms with Gasteiger partial charge in [0, 0.05) is 44.5 Å². The lowest BCUT2D eigenvalue weighted by Crippen LogP contribution is -2.56. The van der Waals surface area contributed by atoms with E-state index in [0.29, 0.717) is 12.5 Å². The molecule has 1 aromatic carbocycles. The van der Waals surface area contributed by atoms with E-state index >= 15 is 0 Å². The van der Waals surface area contributed by atoms with Gasteiger partial charge in [-0.25, -0.2) is 4.79 Å². The van der Waals surface area contributed by atoms with Crippen molar-refractivity contribution < 1.29 is 9.90 Å². The van der Waals surface area contributed by atoms with Crippen LogP contribution in [0.4, 0.5) is 10.5 Å². The van der Waals surface area contributed by atoms with Gasteiger partial charge in [-0.05, 0) is 61.6 Å². The highest BCUT2D eigenvalue weighted by molar-refractivity contribution is 5.89. The van der Waals surface area contributed by atoms with Gasteiger partial charge >= 0.3 is 6.03 Å². The van der Waals surface area contributed by atoms with E-state index in [0.717, 1.165) is 37.7 Å². The molecule has 0 unspecified atom stereocenters. The molecule has 2 amide bonds. The largest absolute Gasteiger partial charge is 0.396 e. The van der Waals surface area contributed by atoms with E-state index in [1.54, 1.807) is 0 Å². The highest BCUT2D eigenvalue weighted by atomic mass is 16.3. The first-order valence-corrected chi connectivity index (χ1v) is 11.2. The van der Waals surface area contributed by atoms with Gasteiger partial charge in [-0.15, -0.1) is 0 Å². The molecule has 0 bridgehead atoms. The third-order valence-electron chi connectivity index (χ3n) is 6.78. The molecule has 3 fully saturated rings. The number of anilines is 1. The summed E-state index contributed by atoms with van der Waals surface area (Å²) in [5, 5.41) is 12.5. The number of aliphatic hydroxyl groups is 1. The first-order valence-electron chi connectivity index (χ1n) is 11.2. The van der Waals surface area contributed by atoms with Crippen LogP contribution in [0.2, 0.25) is 0 Å². The lowest BCUT2D eigenvalue weighted by atomic mass is 9.84. The van der Waals surface area contributed by atoms with Crippen molar-refractivity contribution in [2.45, 2.75) is 63.3 Å². The van der Waals surface area contributed by atoms with Crippen LogP contribution in [0.3, 0.4) is 0 Å². The Morgan fingerprint density at radius 2 is 1.79 bits per heavy atom. The highest BCUT2D eigenvalue weighted by Gasteiger charge is 2.33. The fourth-order valence-electron chi connectivity index (χ4n) is 4.85. The molecule has 0 spiro atoms. The molecule has 2 aliphatic carbocycles. The Bertz CT molecular complexity index is 638. The zero-order valence-electron chi connectivity index (χ0n) is 17.0. The summed E-state index contributed by atoms with van der Waals surface area (Å²) in [5.74, 6) is 1.53. The topological polar surface area (TPSA) is 55.8 Å². The second-order valence-electron chi connectivity index (χ2n) is 8.94. The smallest absolute Gasteiger partial charge is 0.321 e. The van der Waals surface area contributed by atoms with Gasteiger partial charge in [-0.2, -0.15) is 0 Å². The van der Waals surface area contributed by atoms with Crippen molar-refractivity contribution in [3.8, 4) is 0 Å². The number of aliphatic hydroxyl groups excluding tert-OH is 1. The molecule has 1 heterocycles. The lowest BCUT2D eigenvalue weighted by Gasteiger charge is -2.41. The zero-order valence-corrected chi connectivity index (χ0v) is 17.0. The first kappa shape index (κ1) is 19.7. The summed E-state index contributed by atoms with van der Waals surface area (Å²) in [6.07, 6.45) is 10.1. The molecule has 1 atom stereocenters. The second kappa shape index (κ2) is 9.27. The van der Waals surface area contributed by atoms with Crippen LogP contribution < -0.4 is 5.32 Å². The first-order chi connectivity index (χ1) is 13.7. The van der Waals surface area contributed by atoms with Gasteiger partial charge in [-0.1, -0.05) is 31.4 Å². The molecule has 3 aliphatic rings. The Morgan fingerprint density at radius 3 is 2.46 bits per heavy atom. The molecule has 5 heteroatoms. The number of urea groups is 1. The van der Waals surface area contributed by atoms with Crippen molar-refractivity contribution in [2.24, 2.45) is 5.92 Å². The van der Waals surface area contributed by atoms with Crippen LogP contribution in [0.15, 0.2) is 24.3 Å². The van der Waals surface area contributed by atoms with Crippen molar-refractivity contribution >= 4 is 11.7 Å². The fraction of sp³-hybridized carbons (Fsp3) is 0.696. The summed E-state index contributed by atoms with van der Waals surface area (Å²) < 4.78 is 0. The standard InChI is InChI=1S/C23H35N3O2/c27-15-12-22-17-26(14-13-25(22)16-18-6-7-18)23(28)24-21-10-8-20(9-11-21)19-4-2-1-3-5-19/h8-11,18-19,22,27H,1-7,12-17H2,(H,24,28)/t22-/m1/s1. The molecule has 28 heavy (non-hydrogen) atoms. The number of hydrogen-bond acceptors (Lipinski definition) is 3. The molecule has 0 aromatic heterocycles. The van der Waals surface area contributed by atoms with Crippen LogP contribution in [-0.4, -0.2) is 59.8 Å². The average Bonchev–Trinajstić information content (AvgIpc) is 3.55. The van der Waals surface area contributed by atoms with Crippen LogP contribution >= 0.6 is 0 Å². The SMILES string of the molecule is O=C(Nc1ccc(C2CCCCC2)cc1)N1CCN(CC2CC2)[C@H](CCO)C1. The van der Waals surface area contributed by atoms with Crippen molar-refractivity contribution in [3.63, 3.8) is 0 Å². The number of rotatable bonds is 6. The van der Waals surface area contributed by atoms with Crippen molar-refractivity contribution in [1.29, 1.82) is 0 Å². The van der Waals surface area contributed by atoms with Crippen LogP contribution in [0.25, 0.3) is 0 Å². The Morgan fingerprint density at radius 1 is 1.04 bits per heavy atom. The maximum absolute atomic E-state index is 12.8. The van der Waals surface area contributed by atoms with Gasteiger partial charge in [-0.3, -0.25) is 4.90 Å². The van der Waals surface area contributed by atoms with Gasteiger partial charge in [0.25, 0.3) is 0 Å². The second-order valence-corrected chi connectivity index (χ2v) is 8.94. The molecule has 2 N–H and O–H groups in total. The summed E-state index contributed by atoms with van der Waals surface area (Å²) in [7, 11) is 0. The maximum Gasteiger partial charge on any atom is 0.321 e. The molecule has 4 rings (SSSR count). The van der Waals surface area contributed by atoms with Gasteiger partial charge in [0.15, 0.2) is 0 Å². The summed E-state index contributed by atoms with van der Waals surface area (Å²) in [4.78, 5) is 17.2. The predicted molar refractivity (Wildman–Crippen MR) is 113 cm³/mol. The normalized spacial score (nSPS) is 24.3. The highest BCUT2D eigenvalue weighted by Crippen LogP contribution is 2.33. The molecule has 1 saturated heterocycles. The summed E-state index contributed by atoms with van der Waals surface area (Å²) in [6, 6.07) is 8.74. The van der Waals surface area contributed by atoms with Crippen LogP contribution in [0, 0.1) is 5.92 Å². The van der Waals surface area contributed by atoms with E-state index in [1.165, 1.54) is 50.5 Å². The number of benzene rings is 1. The minimum Gasteiger partial charge on any atom is -0.396 e. The lowest BCUT2D eigenvalue weighted by molar-refractivity contribution is 0.0739. The van der Waals surface area contributed by atoms with E-state index in [4.69, 9.17) is 0 Å². The van der Waals surface area contributed by atoms with E-state index in [2.05, 4.69) is 34.5 Å². The Kier molecular flexibility index (Phi) is 6.53. The van der Waals surface area contributed by atoms with Crippen LogP contribution in [0.1, 0.15) is 62.8 Å². The Balaban J connectivity index is 1.31. The monoisotopic (exact) mass is 385 g/mol. The quantitative estimate of drug-likeness (QED) is 0.777. The van der Waals surface area contributed by atoms with Gasteiger partial charge < -0.3 is 15.3 Å². The van der Waals surface area contributed by atoms with Crippen molar-refractivity contribution in [2.75, 3.05) is 38.1 Å². The molecule has 0 radical (unpaired) electrons. The zero-order chi connectivity index (χ0) is 19.3. The number of carbonyl (C=O) groups excluding carboxylic acids is 1. The van der Waals surface area contributed by atoms with Crippen molar-refractivity contribution in [3.05, 3.63) is 29.8 Å². The van der Waals surface area contributed by atoms with E-state index in [-0.39, 0.29) is 18.7 Å². The summed E-state index contributed by atoms with van der Waals surface area (Å²) in [5.41, 5.74) is 2.29. The van der Waals surface area contributed by atoms with Gasteiger partial charge in [0.1, 0.15) is 0 Å². The molecule has 2 saturated carbocycles. The number of piperazine rings is 1. The Labute approximate surface area is 169 Å². The maximum atomic E-state index is 12.8. The third kappa shape index (κ3) is 5.06. The molecule has 154 valence electrons.